The summed E-state index contributed by atoms with van der Waals surface area (Å²) in [7, 11) is 2.01. The number of aromatic nitrogens is 2. The number of unbranched alkanes of at least 4 members (excludes halogenated alkanes) is 2. The van der Waals surface area contributed by atoms with E-state index in [0.717, 1.165) is 6.42 Å². The van der Waals surface area contributed by atoms with E-state index in [2.05, 4.69) is 11.5 Å². The predicted octanol–water partition coefficient (Wildman–Crippen LogP) is 1.52. The Labute approximate surface area is 96.5 Å². The molecule has 1 aromatic heterocycles. The Kier molecular flexibility index (Phi) is 5.02. The van der Waals surface area contributed by atoms with Gasteiger partial charge in [0.15, 0.2) is 0 Å². The van der Waals surface area contributed by atoms with Crippen molar-refractivity contribution in [2.75, 3.05) is 0 Å². The molecule has 0 saturated heterocycles. The molecule has 0 amide bonds. The van der Waals surface area contributed by atoms with Crippen molar-refractivity contribution in [2.24, 2.45) is 7.05 Å². The zero-order valence-electron chi connectivity index (χ0n) is 10.1. The predicted molar refractivity (Wildman–Crippen MR) is 61.1 cm³/mol. The molecule has 0 spiro atoms. The number of carbonyl (C=O) groups is 1. The first-order valence-corrected chi connectivity index (χ1v) is 5.90. The SMILES string of the molecule is CCCCCc1n(CCC(=O)O)cc[n+]1C. The third-order valence-corrected chi connectivity index (χ3v) is 2.78. The van der Waals surface area contributed by atoms with Gasteiger partial charge >= 0.3 is 5.97 Å². The van der Waals surface area contributed by atoms with Crippen molar-refractivity contribution in [1.82, 2.24) is 4.57 Å². The number of hydrogen-bond acceptors (Lipinski definition) is 1. The van der Waals surface area contributed by atoms with Crippen molar-refractivity contribution in [3.63, 3.8) is 0 Å². The van der Waals surface area contributed by atoms with Crippen LogP contribution in [0.15, 0.2) is 12.4 Å². The molecule has 90 valence electrons. The first kappa shape index (κ1) is 12.7. The van der Waals surface area contributed by atoms with Gasteiger partial charge in [-0.1, -0.05) is 19.8 Å². The number of carboxylic acid groups (broad SMARTS) is 1. The molecule has 0 aromatic carbocycles. The highest BCUT2D eigenvalue weighted by Gasteiger charge is 2.14. The van der Waals surface area contributed by atoms with Crippen molar-refractivity contribution in [3.8, 4) is 0 Å². The third-order valence-electron chi connectivity index (χ3n) is 2.78. The molecule has 0 aliphatic carbocycles. The molecule has 0 atom stereocenters. The summed E-state index contributed by atoms with van der Waals surface area (Å²) in [6, 6.07) is 0. The molecule has 0 aliphatic heterocycles. The second-order valence-electron chi connectivity index (χ2n) is 4.12. The lowest BCUT2D eigenvalue weighted by Gasteiger charge is -2.01. The van der Waals surface area contributed by atoms with Crippen molar-refractivity contribution in [3.05, 3.63) is 18.2 Å². The largest absolute Gasteiger partial charge is 0.481 e. The van der Waals surface area contributed by atoms with E-state index in [1.807, 2.05) is 24.0 Å². The van der Waals surface area contributed by atoms with Crippen molar-refractivity contribution < 1.29 is 14.5 Å². The minimum absolute atomic E-state index is 0.190. The molecule has 16 heavy (non-hydrogen) atoms. The monoisotopic (exact) mass is 225 g/mol. The Hall–Kier alpha value is -1.32. The summed E-state index contributed by atoms with van der Waals surface area (Å²) < 4.78 is 4.13. The average molecular weight is 225 g/mol. The summed E-state index contributed by atoms with van der Waals surface area (Å²) in [4.78, 5) is 10.5. The Morgan fingerprint density at radius 2 is 2.25 bits per heavy atom. The average Bonchev–Trinajstić information content (AvgIpc) is 2.58. The van der Waals surface area contributed by atoms with Crippen LogP contribution in [0, 0.1) is 0 Å². The van der Waals surface area contributed by atoms with Gasteiger partial charge in [0.2, 0.25) is 0 Å². The van der Waals surface area contributed by atoms with E-state index in [4.69, 9.17) is 5.11 Å². The minimum atomic E-state index is -0.740. The van der Waals surface area contributed by atoms with Crippen LogP contribution in [0.25, 0.3) is 0 Å². The van der Waals surface area contributed by atoms with Gasteiger partial charge in [0.05, 0.1) is 13.5 Å². The molecular weight excluding hydrogens is 204 g/mol. The highest BCUT2D eigenvalue weighted by molar-refractivity contribution is 5.66. The Balaban J connectivity index is 2.58. The van der Waals surface area contributed by atoms with Crippen LogP contribution < -0.4 is 4.57 Å². The summed E-state index contributed by atoms with van der Waals surface area (Å²) >= 11 is 0. The summed E-state index contributed by atoms with van der Waals surface area (Å²) in [5.74, 6) is 0.477. The molecule has 4 nitrogen and oxygen atoms in total. The fraction of sp³-hybridized carbons (Fsp3) is 0.667. The Morgan fingerprint density at radius 1 is 1.50 bits per heavy atom. The maximum Gasteiger partial charge on any atom is 0.307 e. The standard InChI is InChI=1S/C12H20N2O2/c1-3-4-5-6-11-13(2)9-10-14(11)8-7-12(15)16/h9-10H,3-8H2,1-2H3/p+1. The Morgan fingerprint density at radius 3 is 2.88 bits per heavy atom. The van der Waals surface area contributed by atoms with Gasteiger partial charge in [0, 0.05) is 6.42 Å². The van der Waals surface area contributed by atoms with Gasteiger partial charge in [-0.25, -0.2) is 9.13 Å². The number of nitrogens with zero attached hydrogens (tertiary/aromatic N) is 2. The van der Waals surface area contributed by atoms with Crippen molar-refractivity contribution in [2.45, 2.75) is 45.6 Å². The van der Waals surface area contributed by atoms with Gasteiger partial charge < -0.3 is 5.11 Å². The zero-order chi connectivity index (χ0) is 12.0. The lowest BCUT2D eigenvalue weighted by molar-refractivity contribution is -0.678. The van der Waals surface area contributed by atoms with Gasteiger partial charge in [-0.15, -0.1) is 0 Å². The summed E-state index contributed by atoms with van der Waals surface area (Å²) in [6.45, 7) is 2.75. The van der Waals surface area contributed by atoms with Crippen LogP contribution in [-0.4, -0.2) is 15.6 Å². The van der Waals surface area contributed by atoms with E-state index in [0.29, 0.717) is 6.54 Å². The fourth-order valence-electron chi connectivity index (χ4n) is 1.83. The molecule has 0 aliphatic rings. The lowest BCUT2D eigenvalue weighted by atomic mass is 10.2. The van der Waals surface area contributed by atoms with Gasteiger partial charge in [-0.3, -0.25) is 4.79 Å². The van der Waals surface area contributed by atoms with Crippen LogP contribution in [-0.2, 0) is 24.8 Å². The molecule has 1 aromatic rings. The number of rotatable bonds is 7. The van der Waals surface area contributed by atoms with Gasteiger partial charge in [0.25, 0.3) is 5.82 Å². The second kappa shape index (κ2) is 6.30. The summed E-state index contributed by atoms with van der Waals surface area (Å²) in [5.41, 5.74) is 0. The van der Waals surface area contributed by atoms with E-state index in [1.54, 1.807) is 0 Å². The Bertz CT molecular complexity index is 345. The zero-order valence-corrected chi connectivity index (χ0v) is 10.1. The summed E-state index contributed by atoms with van der Waals surface area (Å²) in [6.07, 6.45) is 8.77. The lowest BCUT2D eigenvalue weighted by Crippen LogP contribution is -2.32. The highest BCUT2D eigenvalue weighted by Crippen LogP contribution is 2.04. The first-order chi connectivity index (χ1) is 7.65. The van der Waals surface area contributed by atoms with Crippen LogP contribution in [0.2, 0.25) is 0 Å². The van der Waals surface area contributed by atoms with Gasteiger partial charge in [-0.2, -0.15) is 0 Å². The highest BCUT2D eigenvalue weighted by atomic mass is 16.4. The first-order valence-electron chi connectivity index (χ1n) is 5.90. The molecule has 1 heterocycles. The fourth-order valence-corrected chi connectivity index (χ4v) is 1.83. The molecule has 0 radical (unpaired) electrons. The van der Waals surface area contributed by atoms with Crippen LogP contribution in [0.4, 0.5) is 0 Å². The van der Waals surface area contributed by atoms with Gasteiger partial charge in [-0.05, 0) is 6.42 Å². The van der Waals surface area contributed by atoms with Crippen LogP contribution in [0.3, 0.4) is 0 Å². The number of hydrogen-bond donors (Lipinski definition) is 1. The number of carboxylic acids is 1. The normalized spacial score (nSPS) is 10.6. The smallest absolute Gasteiger partial charge is 0.307 e. The maximum absolute atomic E-state index is 10.5. The quantitative estimate of drug-likeness (QED) is 0.565. The van der Waals surface area contributed by atoms with E-state index >= 15 is 0 Å². The molecule has 0 unspecified atom stereocenters. The van der Waals surface area contributed by atoms with E-state index < -0.39 is 5.97 Å². The van der Waals surface area contributed by atoms with Crippen LogP contribution >= 0.6 is 0 Å². The molecular formula is C12H21N2O2+. The number of aryl methyl sites for hydroxylation is 2. The number of imidazole rings is 1. The minimum Gasteiger partial charge on any atom is -0.481 e. The summed E-state index contributed by atoms with van der Waals surface area (Å²) in [5, 5.41) is 8.67. The topological polar surface area (TPSA) is 46.1 Å². The van der Waals surface area contributed by atoms with Crippen LogP contribution in [0.5, 0.6) is 0 Å². The molecule has 0 fully saturated rings. The molecule has 4 heteroatoms. The van der Waals surface area contributed by atoms with E-state index in [-0.39, 0.29) is 6.42 Å². The van der Waals surface area contributed by atoms with E-state index in [1.165, 1.54) is 25.1 Å². The molecule has 1 N–H and O–H groups in total. The second-order valence-corrected chi connectivity index (χ2v) is 4.12. The molecule has 0 saturated carbocycles. The third kappa shape index (κ3) is 3.68. The van der Waals surface area contributed by atoms with Crippen molar-refractivity contribution in [1.29, 1.82) is 0 Å². The molecule has 1 rings (SSSR count). The van der Waals surface area contributed by atoms with Crippen LogP contribution in [0.1, 0.15) is 38.4 Å². The maximum atomic E-state index is 10.5. The number of aliphatic carboxylic acids is 1. The van der Waals surface area contributed by atoms with Gasteiger partial charge in [0.1, 0.15) is 18.9 Å². The molecule has 0 bridgehead atoms. The van der Waals surface area contributed by atoms with E-state index in [9.17, 15) is 4.79 Å². The van der Waals surface area contributed by atoms with Crippen molar-refractivity contribution >= 4 is 5.97 Å².